The Morgan fingerprint density at radius 1 is 1.37 bits per heavy atom. The maximum atomic E-state index is 12.8. The van der Waals surface area contributed by atoms with Gasteiger partial charge in [-0.05, 0) is 49.4 Å². The van der Waals surface area contributed by atoms with Crippen LogP contribution in [0, 0.1) is 5.92 Å². The summed E-state index contributed by atoms with van der Waals surface area (Å²) in [6.07, 6.45) is 3.76. The summed E-state index contributed by atoms with van der Waals surface area (Å²) in [5.41, 5.74) is 2.17. The zero-order valence-electron chi connectivity index (χ0n) is 12.5. The summed E-state index contributed by atoms with van der Waals surface area (Å²) < 4.78 is 5.33. The van der Waals surface area contributed by atoms with Crippen molar-refractivity contribution in [2.75, 3.05) is 7.11 Å². The van der Waals surface area contributed by atoms with Gasteiger partial charge in [0.1, 0.15) is 11.5 Å². The van der Waals surface area contributed by atoms with Gasteiger partial charge in [-0.1, -0.05) is 26.3 Å². The first-order chi connectivity index (χ1) is 9.06. The van der Waals surface area contributed by atoms with Gasteiger partial charge in [-0.25, -0.2) is 0 Å². The molecule has 2 heteroatoms. The highest BCUT2D eigenvalue weighted by atomic mass is 16.5. The second kappa shape index (κ2) is 5.36. The summed E-state index contributed by atoms with van der Waals surface area (Å²) in [5, 5.41) is 0. The summed E-state index contributed by atoms with van der Waals surface area (Å²) in [6, 6.07) is 6.21. The SMILES string of the molecule is CCCC1(C)C(=O)C(CC)Cc2ccc(OC)cc21. The minimum absolute atomic E-state index is 0.178. The van der Waals surface area contributed by atoms with E-state index in [0.717, 1.165) is 31.4 Å². The second-order valence-electron chi connectivity index (χ2n) is 5.78. The molecule has 1 aliphatic rings. The molecule has 0 bridgehead atoms. The zero-order chi connectivity index (χ0) is 14.0. The van der Waals surface area contributed by atoms with E-state index >= 15 is 0 Å². The average molecular weight is 260 g/mol. The maximum absolute atomic E-state index is 12.8. The van der Waals surface area contributed by atoms with Crippen molar-refractivity contribution in [2.45, 2.75) is 51.9 Å². The van der Waals surface area contributed by atoms with Crippen molar-refractivity contribution in [3.63, 3.8) is 0 Å². The van der Waals surface area contributed by atoms with E-state index in [1.54, 1.807) is 7.11 Å². The van der Waals surface area contributed by atoms with Crippen LogP contribution in [0.1, 0.15) is 51.2 Å². The zero-order valence-corrected chi connectivity index (χ0v) is 12.5. The van der Waals surface area contributed by atoms with Crippen LogP contribution in [0.25, 0.3) is 0 Å². The molecule has 0 fully saturated rings. The van der Waals surface area contributed by atoms with Crippen LogP contribution in [0.2, 0.25) is 0 Å². The Morgan fingerprint density at radius 3 is 2.68 bits per heavy atom. The van der Waals surface area contributed by atoms with Crippen LogP contribution in [0.3, 0.4) is 0 Å². The molecule has 0 aliphatic heterocycles. The molecule has 0 radical (unpaired) electrons. The molecule has 0 amide bonds. The smallest absolute Gasteiger partial charge is 0.146 e. The lowest BCUT2D eigenvalue weighted by atomic mass is 9.64. The van der Waals surface area contributed by atoms with E-state index in [2.05, 4.69) is 32.9 Å². The van der Waals surface area contributed by atoms with Gasteiger partial charge in [0.25, 0.3) is 0 Å². The minimum Gasteiger partial charge on any atom is -0.497 e. The first kappa shape index (κ1) is 14.1. The van der Waals surface area contributed by atoms with Crippen LogP contribution in [-0.2, 0) is 16.6 Å². The number of ether oxygens (including phenoxy) is 1. The highest BCUT2D eigenvalue weighted by Crippen LogP contribution is 2.42. The number of rotatable bonds is 4. The first-order valence-electron chi connectivity index (χ1n) is 7.28. The Kier molecular flexibility index (Phi) is 3.98. The van der Waals surface area contributed by atoms with Crippen LogP contribution < -0.4 is 4.74 Å². The molecule has 0 saturated carbocycles. The lowest BCUT2D eigenvalue weighted by molar-refractivity contribution is -0.129. The van der Waals surface area contributed by atoms with Crippen molar-refractivity contribution in [3.05, 3.63) is 29.3 Å². The quantitative estimate of drug-likeness (QED) is 0.820. The molecule has 0 saturated heterocycles. The number of hydrogen-bond acceptors (Lipinski definition) is 2. The highest BCUT2D eigenvalue weighted by Gasteiger charge is 2.43. The van der Waals surface area contributed by atoms with Gasteiger partial charge in [-0.2, -0.15) is 0 Å². The Hall–Kier alpha value is -1.31. The third kappa shape index (κ3) is 2.29. The number of carbonyl (C=O) groups is 1. The Labute approximate surface area is 116 Å². The van der Waals surface area contributed by atoms with E-state index in [4.69, 9.17) is 4.74 Å². The molecule has 0 aromatic heterocycles. The Morgan fingerprint density at radius 2 is 2.11 bits per heavy atom. The topological polar surface area (TPSA) is 26.3 Å². The molecular weight excluding hydrogens is 236 g/mol. The molecule has 1 aromatic rings. The average Bonchev–Trinajstić information content (AvgIpc) is 2.43. The van der Waals surface area contributed by atoms with Gasteiger partial charge in [0, 0.05) is 5.92 Å². The van der Waals surface area contributed by atoms with Gasteiger partial charge < -0.3 is 4.74 Å². The summed E-state index contributed by atoms with van der Waals surface area (Å²) in [5.74, 6) is 1.44. The molecule has 1 aliphatic carbocycles. The third-order valence-corrected chi connectivity index (χ3v) is 4.54. The number of ketones is 1. The number of methoxy groups -OCH3 is 1. The van der Waals surface area contributed by atoms with Crippen LogP contribution >= 0.6 is 0 Å². The van der Waals surface area contributed by atoms with Crippen LogP contribution in [0.4, 0.5) is 0 Å². The highest BCUT2D eigenvalue weighted by molar-refractivity contribution is 5.94. The van der Waals surface area contributed by atoms with Gasteiger partial charge >= 0.3 is 0 Å². The summed E-state index contributed by atoms with van der Waals surface area (Å²) >= 11 is 0. The lowest BCUT2D eigenvalue weighted by Crippen LogP contribution is -2.42. The maximum Gasteiger partial charge on any atom is 0.146 e. The molecule has 2 rings (SSSR count). The molecule has 0 N–H and O–H groups in total. The number of Topliss-reactive ketones (excluding diaryl/α,β-unsaturated/α-hetero) is 1. The Balaban J connectivity index is 2.55. The van der Waals surface area contributed by atoms with Crippen molar-refractivity contribution in [1.29, 1.82) is 0 Å². The normalized spacial score (nSPS) is 26.1. The number of fused-ring (bicyclic) bond motifs is 1. The fourth-order valence-corrected chi connectivity index (χ4v) is 3.40. The third-order valence-electron chi connectivity index (χ3n) is 4.54. The van der Waals surface area contributed by atoms with Gasteiger partial charge in [0.2, 0.25) is 0 Å². The van der Waals surface area contributed by atoms with Gasteiger partial charge in [0.15, 0.2) is 0 Å². The van der Waals surface area contributed by atoms with E-state index in [1.165, 1.54) is 11.1 Å². The Bertz CT molecular complexity index is 478. The molecule has 19 heavy (non-hydrogen) atoms. The number of carbonyl (C=O) groups excluding carboxylic acids is 1. The second-order valence-corrected chi connectivity index (χ2v) is 5.78. The van der Waals surface area contributed by atoms with Gasteiger partial charge in [-0.15, -0.1) is 0 Å². The van der Waals surface area contributed by atoms with Crippen LogP contribution in [-0.4, -0.2) is 12.9 Å². The molecule has 2 unspecified atom stereocenters. The predicted octanol–water partition coefficient (Wildman–Crippen LogP) is 3.90. The van der Waals surface area contributed by atoms with Crippen molar-refractivity contribution >= 4 is 5.78 Å². The van der Waals surface area contributed by atoms with E-state index in [-0.39, 0.29) is 11.3 Å². The molecule has 104 valence electrons. The summed E-state index contributed by atoms with van der Waals surface area (Å²) in [6.45, 7) is 6.37. The van der Waals surface area contributed by atoms with Crippen LogP contribution in [0.15, 0.2) is 18.2 Å². The van der Waals surface area contributed by atoms with Crippen LogP contribution in [0.5, 0.6) is 5.75 Å². The first-order valence-corrected chi connectivity index (χ1v) is 7.28. The summed E-state index contributed by atoms with van der Waals surface area (Å²) in [7, 11) is 1.68. The van der Waals surface area contributed by atoms with E-state index in [9.17, 15) is 4.79 Å². The van der Waals surface area contributed by atoms with Gasteiger partial charge in [-0.3, -0.25) is 4.79 Å². The number of hydrogen-bond donors (Lipinski definition) is 0. The largest absolute Gasteiger partial charge is 0.497 e. The lowest BCUT2D eigenvalue weighted by Gasteiger charge is -2.38. The molecule has 0 heterocycles. The fraction of sp³-hybridized carbons (Fsp3) is 0.588. The molecule has 1 aromatic carbocycles. The summed E-state index contributed by atoms with van der Waals surface area (Å²) in [4.78, 5) is 12.8. The standard InChI is InChI=1S/C17H24O2/c1-5-9-17(3)15-11-14(19-4)8-7-13(15)10-12(6-2)16(17)18/h7-8,11-12H,5-6,9-10H2,1-4H3. The molecule has 2 atom stereocenters. The molecular formula is C17H24O2. The number of benzene rings is 1. The molecule has 2 nitrogen and oxygen atoms in total. The van der Waals surface area contributed by atoms with Gasteiger partial charge in [0.05, 0.1) is 12.5 Å². The monoisotopic (exact) mass is 260 g/mol. The minimum atomic E-state index is -0.336. The van der Waals surface area contributed by atoms with Crippen molar-refractivity contribution in [2.24, 2.45) is 5.92 Å². The van der Waals surface area contributed by atoms with Crippen molar-refractivity contribution in [1.82, 2.24) is 0 Å². The van der Waals surface area contributed by atoms with E-state index < -0.39 is 0 Å². The fourth-order valence-electron chi connectivity index (χ4n) is 3.40. The molecule has 0 spiro atoms. The van der Waals surface area contributed by atoms with Crippen molar-refractivity contribution < 1.29 is 9.53 Å². The van der Waals surface area contributed by atoms with E-state index in [0.29, 0.717) is 5.78 Å². The van der Waals surface area contributed by atoms with E-state index in [1.807, 2.05) is 6.07 Å². The van der Waals surface area contributed by atoms with Crippen molar-refractivity contribution in [3.8, 4) is 5.75 Å². The predicted molar refractivity (Wildman–Crippen MR) is 77.7 cm³/mol.